The Kier molecular flexibility index (Phi) is 4.00. The summed E-state index contributed by atoms with van der Waals surface area (Å²) < 4.78 is 24.6. The minimum Gasteiger partial charge on any atom is -0.288 e. The van der Waals surface area contributed by atoms with Gasteiger partial charge >= 0.3 is 6.03 Å². The first-order valence-electron chi connectivity index (χ1n) is 8.42. The predicted molar refractivity (Wildman–Crippen MR) is 104 cm³/mol. The number of nitrogens with zero attached hydrogens (tertiary/aromatic N) is 2. The molecule has 2 aliphatic heterocycles. The standard InChI is InChI=1S/C19H19ClN2O3S/c1-12-4-3-5-14(8-12)21-17-10-26(24,25)11-18(17)22(19(21)23)15-7-6-13(2)16(20)9-15/h3-9,17-18H,10-11H2,1-2H3. The van der Waals surface area contributed by atoms with Crippen LogP contribution in [0, 0.1) is 13.8 Å². The molecule has 2 fully saturated rings. The highest BCUT2D eigenvalue weighted by Gasteiger charge is 2.54. The van der Waals surface area contributed by atoms with E-state index in [1.54, 1.807) is 15.9 Å². The van der Waals surface area contributed by atoms with Crippen LogP contribution in [0.15, 0.2) is 42.5 Å². The number of hydrogen-bond donors (Lipinski definition) is 0. The van der Waals surface area contributed by atoms with Crippen molar-refractivity contribution in [3.8, 4) is 0 Å². The average Bonchev–Trinajstić information content (AvgIpc) is 2.99. The summed E-state index contributed by atoms with van der Waals surface area (Å²) in [7, 11) is -3.21. The number of fused-ring (bicyclic) bond motifs is 1. The highest BCUT2D eigenvalue weighted by atomic mass is 35.5. The van der Waals surface area contributed by atoms with Gasteiger partial charge in [0.1, 0.15) is 0 Å². The number of benzene rings is 2. The van der Waals surface area contributed by atoms with Crippen LogP contribution in [-0.4, -0.2) is 38.0 Å². The number of anilines is 2. The van der Waals surface area contributed by atoms with Crippen molar-refractivity contribution < 1.29 is 13.2 Å². The maximum Gasteiger partial charge on any atom is 0.329 e. The zero-order valence-electron chi connectivity index (χ0n) is 14.5. The van der Waals surface area contributed by atoms with E-state index >= 15 is 0 Å². The van der Waals surface area contributed by atoms with Gasteiger partial charge in [0.15, 0.2) is 9.84 Å². The summed E-state index contributed by atoms with van der Waals surface area (Å²) >= 11 is 6.24. The summed E-state index contributed by atoms with van der Waals surface area (Å²) in [6.07, 6.45) is 0. The van der Waals surface area contributed by atoms with Gasteiger partial charge in [0.05, 0.1) is 23.6 Å². The lowest BCUT2D eigenvalue weighted by atomic mass is 10.1. The Balaban J connectivity index is 1.82. The summed E-state index contributed by atoms with van der Waals surface area (Å²) in [6.45, 7) is 3.84. The van der Waals surface area contributed by atoms with Crippen LogP contribution in [-0.2, 0) is 9.84 Å². The van der Waals surface area contributed by atoms with E-state index in [9.17, 15) is 13.2 Å². The second-order valence-electron chi connectivity index (χ2n) is 7.01. The van der Waals surface area contributed by atoms with Gasteiger partial charge < -0.3 is 0 Å². The van der Waals surface area contributed by atoms with Crippen LogP contribution < -0.4 is 9.80 Å². The smallest absolute Gasteiger partial charge is 0.288 e. The molecule has 2 aromatic carbocycles. The predicted octanol–water partition coefficient (Wildman–Crippen LogP) is 3.57. The van der Waals surface area contributed by atoms with E-state index in [2.05, 4.69) is 0 Å². The van der Waals surface area contributed by atoms with E-state index in [0.29, 0.717) is 10.7 Å². The van der Waals surface area contributed by atoms with Gasteiger partial charge in [-0.15, -0.1) is 0 Å². The molecule has 2 aromatic rings. The van der Waals surface area contributed by atoms with E-state index in [0.717, 1.165) is 16.8 Å². The molecule has 0 N–H and O–H groups in total. The maximum absolute atomic E-state index is 13.3. The third-order valence-corrected chi connectivity index (χ3v) is 7.19. The number of halogens is 1. The van der Waals surface area contributed by atoms with Crippen molar-refractivity contribution >= 4 is 38.8 Å². The maximum atomic E-state index is 13.3. The molecule has 2 saturated heterocycles. The summed E-state index contributed by atoms with van der Waals surface area (Å²) in [5, 5.41) is 0.557. The van der Waals surface area contributed by atoms with Crippen molar-refractivity contribution in [2.45, 2.75) is 25.9 Å². The highest BCUT2D eigenvalue weighted by molar-refractivity contribution is 7.91. The average molecular weight is 391 g/mol. The van der Waals surface area contributed by atoms with E-state index in [1.165, 1.54) is 0 Å². The topological polar surface area (TPSA) is 57.7 Å². The zero-order chi connectivity index (χ0) is 18.6. The summed E-state index contributed by atoms with van der Waals surface area (Å²) in [5.74, 6) is -0.0509. The van der Waals surface area contributed by atoms with Gasteiger partial charge in [0.25, 0.3) is 0 Å². The molecule has 5 nitrogen and oxygen atoms in total. The molecule has 0 spiro atoms. The van der Waals surface area contributed by atoms with Gasteiger partial charge in [-0.3, -0.25) is 9.80 Å². The molecule has 0 aromatic heterocycles. The Labute approximate surface area is 158 Å². The van der Waals surface area contributed by atoms with Crippen molar-refractivity contribution in [1.29, 1.82) is 0 Å². The van der Waals surface area contributed by atoms with Crippen LogP contribution in [0.25, 0.3) is 0 Å². The van der Waals surface area contributed by atoms with E-state index in [-0.39, 0.29) is 17.5 Å². The van der Waals surface area contributed by atoms with Crippen LogP contribution in [0.4, 0.5) is 16.2 Å². The Morgan fingerprint density at radius 3 is 2.15 bits per heavy atom. The van der Waals surface area contributed by atoms with Gasteiger partial charge in [-0.2, -0.15) is 0 Å². The van der Waals surface area contributed by atoms with E-state index in [1.807, 2.05) is 50.2 Å². The lowest BCUT2D eigenvalue weighted by Gasteiger charge is -2.23. The molecule has 4 rings (SSSR count). The van der Waals surface area contributed by atoms with E-state index < -0.39 is 21.9 Å². The Hall–Kier alpha value is -2.05. The van der Waals surface area contributed by atoms with Crippen molar-refractivity contribution in [2.24, 2.45) is 0 Å². The first-order valence-corrected chi connectivity index (χ1v) is 10.6. The largest absolute Gasteiger partial charge is 0.329 e. The normalized spacial score (nSPS) is 24.2. The number of sulfone groups is 1. The van der Waals surface area contributed by atoms with Gasteiger partial charge in [0.2, 0.25) is 0 Å². The summed E-state index contributed by atoms with van der Waals surface area (Å²) in [5.41, 5.74) is 3.29. The lowest BCUT2D eigenvalue weighted by molar-refractivity contribution is 0.255. The first kappa shape index (κ1) is 17.4. The van der Waals surface area contributed by atoms with Crippen LogP contribution in [0.2, 0.25) is 5.02 Å². The molecule has 0 saturated carbocycles. The van der Waals surface area contributed by atoms with Crippen molar-refractivity contribution in [1.82, 2.24) is 0 Å². The third-order valence-electron chi connectivity index (χ3n) is 5.08. The molecule has 7 heteroatoms. The van der Waals surface area contributed by atoms with Crippen LogP contribution in [0.1, 0.15) is 11.1 Å². The third kappa shape index (κ3) is 2.77. The fourth-order valence-electron chi connectivity index (χ4n) is 3.82. The van der Waals surface area contributed by atoms with Gasteiger partial charge in [-0.05, 0) is 49.2 Å². The molecule has 2 heterocycles. The highest BCUT2D eigenvalue weighted by Crippen LogP contribution is 2.39. The second-order valence-corrected chi connectivity index (χ2v) is 9.57. The number of rotatable bonds is 2. The van der Waals surface area contributed by atoms with Crippen molar-refractivity contribution in [3.05, 3.63) is 58.6 Å². The van der Waals surface area contributed by atoms with Crippen LogP contribution >= 0.6 is 11.6 Å². The fourth-order valence-corrected chi connectivity index (χ4v) is 5.91. The Bertz CT molecular complexity index is 1010. The molecular formula is C19H19ClN2O3S. The Morgan fingerprint density at radius 2 is 1.58 bits per heavy atom. The van der Waals surface area contributed by atoms with Crippen LogP contribution in [0.3, 0.4) is 0 Å². The lowest BCUT2D eigenvalue weighted by Crippen LogP contribution is -2.38. The SMILES string of the molecule is Cc1cccc(N2C(=O)N(c3ccc(C)c(Cl)c3)C3CS(=O)(=O)CC32)c1. The van der Waals surface area contributed by atoms with Gasteiger partial charge in [-0.25, -0.2) is 13.2 Å². The molecule has 2 aliphatic rings. The monoisotopic (exact) mass is 390 g/mol. The number of amides is 2. The minimum absolute atomic E-state index is 0.0204. The number of urea groups is 1. The molecule has 2 amide bonds. The molecule has 2 unspecified atom stereocenters. The van der Waals surface area contributed by atoms with Crippen molar-refractivity contribution in [3.63, 3.8) is 0 Å². The second kappa shape index (κ2) is 5.99. The minimum atomic E-state index is -3.21. The summed E-state index contributed by atoms with van der Waals surface area (Å²) in [4.78, 5) is 16.5. The van der Waals surface area contributed by atoms with Crippen LogP contribution in [0.5, 0.6) is 0 Å². The van der Waals surface area contributed by atoms with Gasteiger partial charge in [0, 0.05) is 16.4 Å². The Morgan fingerprint density at radius 1 is 0.962 bits per heavy atom. The molecule has 136 valence electrons. The van der Waals surface area contributed by atoms with Crippen molar-refractivity contribution in [2.75, 3.05) is 21.3 Å². The fraction of sp³-hybridized carbons (Fsp3) is 0.316. The first-order chi connectivity index (χ1) is 12.3. The molecule has 0 bridgehead atoms. The molecular weight excluding hydrogens is 372 g/mol. The number of carbonyl (C=O) groups excluding carboxylic acids is 1. The summed E-state index contributed by atoms with van der Waals surface area (Å²) in [6, 6.07) is 12.0. The molecule has 26 heavy (non-hydrogen) atoms. The zero-order valence-corrected chi connectivity index (χ0v) is 16.1. The molecule has 2 atom stereocenters. The van der Waals surface area contributed by atoms with E-state index in [4.69, 9.17) is 11.6 Å². The number of hydrogen-bond acceptors (Lipinski definition) is 3. The number of aryl methyl sites for hydroxylation is 2. The molecule has 0 aliphatic carbocycles. The molecule has 0 radical (unpaired) electrons. The quantitative estimate of drug-likeness (QED) is 0.736. The van der Waals surface area contributed by atoms with Gasteiger partial charge in [-0.1, -0.05) is 29.8 Å². The number of carbonyl (C=O) groups is 1.